The minimum Gasteiger partial charge on any atom is -0.464 e. The minimum absolute atomic E-state index is 0.134. The second-order valence-corrected chi connectivity index (χ2v) is 6.31. The van der Waals surface area contributed by atoms with E-state index in [9.17, 15) is 9.59 Å². The molecule has 1 heterocycles. The summed E-state index contributed by atoms with van der Waals surface area (Å²) >= 11 is 0. The van der Waals surface area contributed by atoms with Crippen LogP contribution in [0.5, 0.6) is 0 Å². The van der Waals surface area contributed by atoms with Crippen LogP contribution < -0.4 is 0 Å². The van der Waals surface area contributed by atoms with Gasteiger partial charge in [-0.2, -0.15) is 0 Å². The Hall–Kier alpha value is -1.26. The van der Waals surface area contributed by atoms with E-state index in [1.54, 1.807) is 11.8 Å². The van der Waals surface area contributed by atoms with Crippen molar-refractivity contribution in [3.8, 4) is 0 Å². The first-order valence-corrected chi connectivity index (χ1v) is 7.01. The number of hydrogen-bond donors (Lipinski definition) is 0. The topological polar surface area (TPSA) is 55.8 Å². The number of ether oxygens (including phenoxy) is 2. The summed E-state index contributed by atoms with van der Waals surface area (Å²) in [5, 5.41) is 0. The van der Waals surface area contributed by atoms with Crippen LogP contribution in [0.15, 0.2) is 0 Å². The second kappa shape index (κ2) is 5.02. The molecule has 3 atom stereocenters. The summed E-state index contributed by atoms with van der Waals surface area (Å²) in [6.45, 7) is 7.62. The molecular formula is C14H23NO4. The number of rotatable bonds is 2. The molecule has 1 saturated carbocycles. The summed E-state index contributed by atoms with van der Waals surface area (Å²) in [4.78, 5) is 25.9. The summed E-state index contributed by atoms with van der Waals surface area (Å²) in [6.07, 6.45) is 2.45. The molecule has 108 valence electrons. The molecule has 19 heavy (non-hydrogen) atoms. The van der Waals surface area contributed by atoms with Gasteiger partial charge in [-0.05, 0) is 52.9 Å². The monoisotopic (exact) mass is 269 g/mol. The van der Waals surface area contributed by atoms with Gasteiger partial charge < -0.3 is 9.47 Å². The van der Waals surface area contributed by atoms with E-state index in [2.05, 4.69) is 0 Å². The number of amides is 1. The Morgan fingerprint density at radius 1 is 1.26 bits per heavy atom. The van der Waals surface area contributed by atoms with E-state index in [1.165, 1.54) is 0 Å². The third-order valence-corrected chi connectivity index (χ3v) is 3.72. The highest BCUT2D eigenvalue weighted by molar-refractivity contribution is 5.83. The van der Waals surface area contributed by atoms with Crippen LogP contribution in [-0.2, 0) is 14.3 Å². The number of nitrogens with zero attached hydrogens (tertiary/aromatic N) is 1. The van der Waals surface area contributed by atoms with Crippen LogP contribution >= 0.6 is 0 Å². The number of carbonyl (C=O) groups excluding carboxylic acids is 2. The molecule has 1 aliphatic heterocycles. The zero-order valence-electron chi connectivity index (χ0n) is 12.1. The fourth-order valence-electron chi connectivity index (χ4n) is 3.10. The lowest BCUT2D eigenvalue weighted by molar-refractivity contribution is -0.151. The van der Waals surface area contributed by atoms with Crippen LogP contribution in [0.2, 0.25) is 0 Å². The van der Waals surface area contributed by atoms with E-state index in [4.69, 9.17) is 9.47 Å². The van der Waals surface area contributed by atoms with Crippen LogP contribution in [0.1, 0.15) is 47.0 Å². The fraction of sp³-hybridized carbons (Fsp3) is 0.857. The Kier molecular flexibility index (Phi) is 3.74. The predicted molar refractivity (Wildman–Crippen MR) is 69.6 cm³/mol. The maximum atomic E-state index is 12.3. The molecule has 2 rings (SSSR count). The van der Waals surface area contributed by atoms with E-state index in [1.807, 2.05) is 20.8 Å². The standard InChI is InChI=1S/C14H23NO4/c1-5-18-12(16)11-9-6-7-10(8-9)15(11)13(17)19-14(2,3)4/h9-11H,5-8H2,1-4H3/t9-,10+,11?/m0/s1. The van der Waals surface area contributed by atoms with Crippen molar-refractivity contribution in [3.05, 3.63) is 0 Å². The number of carbonyl (C=O) groups is 2. The zero-order chi connectivity index (χ0) is 14.2. The van der Waals surface area contributed by atoms with Gasteiger partial charge in [-0.25, -0.2) is 9.59 Å². The van der Waals surface area contributed by atoms with Crippen molar-refractivity contribution in [1.29, 1.82) is 0 Å². The first-order chi connectivity index (χ1) is 8.83. The van der Waals surface area contributed by atoms with Gasteiger partial charge in [0.1, 0.15) is 11.6 Å². The third kappa shape index (κ3) is 2.85. The normalized spacial score (nSPS) is 29.5. The zero-order valence-corrected chi connectivity index (χ0v) is 12.1. The highest BCUT2D eigenvalue weighted by atomic mass is 16.6. The van der Waals surface area contributed by atoms with Crippen LogP contribution in [0.3, 0.4) is 0 Å². The molecule has 5 nitrogen and oxygen atoms in total. The summed E-state index contributed by atoms with van der Waals surface area (Å²) < 4.78 is 10.5. The van der Waals surface area contributed by atoms with E-state index in [-0.39, 0.29) is 17.9 Å². The Morgan fingerprint density at radius 3 is 2.53 bits per heavy atom. The third-order valence-electron chi connectivity index (χ3n) is 3.72. The minimum atomic E-state index is -0.544. The van der Waals surface area contributed by atoms with Crippen molar-refractivity contribution in [3.63, 3.8) is 0 Å². The molecule has 0 spiro atoms. The van der Waals surface area contributed by atoms with Gasteiger partial charge in [-0.15, -0.1) is 0 Å². The van der Waals surface area contributed by atoms with Crippen molar-refractivity contribution in [1.82, 2.24) is 4.90 Å². The molecule has 0 radical (unpaired) electrons. The number of fused-ring (bicyclic) bond motifs is 2. The Balaban J connectivity index is 2.12. The Labute approximate surface area is 114 Å². The molecule has 5 heteroatoms. The largest absolute Gasteiger partial charge is 0.464 e. The van der Waals surface area contributed by atoms with Crippen LogP contribution in [0, 0.1) is 5.92 Å². The molecule has 0 aromatic carbocycles. The average Bonchev–Trinajstić information content (AvgIpc) is 2.85. The average molecular weight is 269 g/mol. The smallest absolute Gasteiger partial charge is 0.411 e. The number of piperidine rings is 1. The summed E-state index contributed by atoms with van der Waals surface area (Å²) in [7, 11) is 0. The lowest BCUT2D eigenvalue weighted by atomic mass is 9.99. The van der Waals surface area contributed by atoms with Crippen molar-refractivity contribution in [2.24, 2.45) is 5.92 Å². The molecule has 1 aliphatic carbocycles. The van der Waals surface area contributed by atoms with Crippen molar-refractivity contribution in [2.75, 3.05) is 6.61 Å². The van der Waals surface area contributed by atoms with Gasteiger partial charge in [0.25, 0.3) is 0 Å². The maximum absolute atomic E-state index is 12.3. The predicted octanol–water partition coefficient (Wildman–Crippen LogP) is 2.34. The van der Waals surface area contributed by atoms with E-state index >= 15 is 0 Å². The molecule has 0 aromatic rings. The Bertz CT molecular complexity index is 374. The molecule has 0 N–H and O–H groups in total. The van der Waals surface area contributed by atoms with Gasteiger partial charge in [0.15, 0.2) is 0 Å². The van der Waals surface area contributed by atoms with Gasteiger partial charge in [-0.3, -0.25) is 4.90 Å². The van der Waals surface area contributed by atoms with Crippen LogP contribution in [0.4, 0.5) is 4.79 Å². The summed E-state index contributed by atoms with van der Waals surface area (Å²) in [5.41, 5.74) is -0.544. The van der Waals surface area contributed by atoms with Crippen molar-refractivity contribution < 1.29 is 19.1 Å². The van der Waals surface area contributed by atoms with Crippen LogP contribution in [-0.4, -0.2) is 41.3 Å². The van der Waals surface area contributed by atoms with E-state index in [0.29, 0.717) is 6.61 Å². The number of hydrogen-bond acceptors (Lipinski definition) is 4. The highest BCUT2D eigenvalue weighted by Crippen LogP contribution is 2.43. The molecule has 1 saturated heterocycles. The number of likely N-dealkylation sites (tertiary alicyclic amines) is 1. The highest BCUT2D eigenvalue weighted by Gasteiger charge is 2.53. The Morgan fingerprint density at radius 2 is 1.95 bits per heavy atom. The van der Waals surface area contributed by atoms with Crippen LogP contribution in [0.25, 0.3) is 0 Å². The molecular weight excluding hydrogens is 246 g/mol. The molecule has 0 aromatic heterocycles. The van der Waals surface area contributed by atoms with Gasteiger partial charge in [0, 0.05) is 6.04 Å². The maximum Gasteiger partial charge on any atom is 0.411 e. The molecule has 2 aliphatic rings. The fourth-order valence-corrected chi connectivity index (χ4v) is 3.10. The van der Waals surface area contributed by atoms with Gasteiger partial charge in [0.2, 0.25) is 0 Å². The van der Waals surface area contributed by atoms with Gasteiger partial charge in [0.05, 0.1) is 6.61 Å². The number of esters is 1. The quantitative estimate of drug-likeness (QED) is 0.722. The summed E-state index contributed by atoms with van der Waals surface area (Å²) in [6, 6.07) is -0.317. The van der Waals surface area contributed by atoms with E-state index < -0.39 is 17.7 Å². The second-order valence-electron chi connectivity index (χ2n) is 6.31. The lowest BCUT2D eigenvalue weighted by Crippen LogP contribution is -2.51. The first-order valence-electron chi connectivity index (χ1n) is 7.01. The lowest BCUT2D eigenvalue weighted by Gasteiger charge is -2.34. The first kappa shape index (κ1) is 14.2. The van der Waals surface area contributed by atoms with Crippen molar-refractivity contribution >= 4 is 12.1 Å². The summed E-state index contributed by atoms with van der Waals surface area (Å²) in [5.74, 6) is -0.0582. The SMILES string of the molecule is CCOC(=O)C1[C@H]2CC[C@H](C2)N1C(=O)OC(C)(C)C. The van der Waals surface area contributed by atoms with Gasteiger partial charge in [-0.1, -0.05) is 0 Å². The molecule has 1 unspecified atom stereocenters. The molecule has 1 amide bonds. The molecule has 2 fully saturated rings. The molecule has 2 bridgehead atoms. The van der Waals surface area contributed by atoms with Gasteiger partial charge >= 0.3 is 12.1 Å². The van der Waals surface area contributed by atoms with Crippen molar-refractivity contribution in [2.45, 2.75) is 64.6 Å². The van der Waals surface area contributed by atoms with E-state index in [0.717, 1.165) is 19.3 Å².